The van der Waals surface area contributed by atoms with Gasteiger partial charge in [0.05, 0.1) is 5.56 Å². The minimum Gasteiger partial charge on any atom is -0.370 e. The molecule has 1 N–H and O–H groups in total. The van der Waals surface area contributed by atoms with Crippen LogP contribution in [-0.2, 0) is 0 Å². The predicted molar refractivity (Wildman–Crippen MR) is 72.8 cm³/mol. The van der Waals surface area contributed by atoms with E-state index in [2.05, 4.69) is 17.2 Å². The molecule has 1 saturated carbocycles. The fraction of sp³-hybridized carbons (Fsp3) is 0.571. The number of carbonyl (C=O) groups excluding carboxylic acids is 1. The number of hydrogen-bond acceptors (Lipinski definition) is 3. The maximum absolute atomic E-state index is 12.6. The molecular weight excluding hydrogens is 226 g/mol. The summed E-state index contributed by atoms with van der Waals surface area (Å²) in [5, 5.41) is 3.15. The van der Waals surface area contributed by atoms with Gasteiger partial charge in [-0.05, 0) is 38.3 Å². The fourth-order valence-corrected chi connectivity index (χ4v) is 2.12. The topological polar surface area (TPSA) is 45.2 Å². The third-order valence-corrected chi connectivity index (χ3v) is 3.10. The van der Waals surface area contributed by atoms with Gasteiger partial charge in [0.1, 0.15) is 5.82 Å². The van der Waals surface area contributed by atoms with Crippen LogP contribution in [-0.4, -0.2) is 34.9 Å². The minimum atomic E-state index is 0.114. The highest BCUT2D eigenvalue weighted by molar-refractivity contribution is 5.99. The molecule has 1 heterocycles. The van der Waals surface area contributed by atoms with Crippen molar-refractivity contribution in [2.24, 2.45) is 0 Å². The Labute approximate surface area is 108 Å². The van der Waals surface area contributed by atoms with Gasteiger partial charge in [-0.2, -0.15) is 0 Å². The number of aromatic nitrogens is 1. The summed E-state index contributed by atoms with van der Waals surface area (Å²) in [4.78, 5) is 18.8. The second-order valence-corrected chi connectivity index (χ2v) is 4.66. The van der Waals surface area contributed by atoms with Crippen LogP contribution in [0.5, 0.6) is 0 Å². The van der Waals surface area contributed by atoms with Gasteiger partial charge in [0, 0.05) is 25.3 Å². The summed E-state index contributed by atoms with van der Waals surface area (Å²) in [5.74, 6) is 0.815. The van der Waals surface area contributed by atoms with Gasteiger partial charge in [-0.3, -0.25) is 4.79 Å². The summed E-state index contributed by atoms with van der Waals surface area (Å²) in [5.41, 5.74) is 0.694. The van der Waals surface area contributed by atoms with Crippen LogP contribution in [0.4, 0.5) is 5.82 Å². The van der Waals surface area contributed by atoms with E-state index >= 15 is 0 Å². The summed E-state index contributed by atoms with van der Waals surface area (Å²) in [7, 11) is 0. The van der Waals surface area contributed by atoms with E-state index in [1.165, 1.54) is 0 Å². The number of hydrogen-bond donors (Lipinski definition) is 1. The second-order valence-electron chi connectivity index (χ2n) is 4.66. The van der Waals surface area contributed by atoms with Gasteiger partial charge in [0.25, 0.3) is 5.91 Å². The molecule has 0 spiro atoms. The maximum atomic E-state index is 12.6. The van der Waals surface area contributed by atoms with Crippen molar-refractivity contribution >= 4 is 11.7 Å². The number of rotatable bonds is 6. The molecule has 1 aromatic rings. The Morgan fingerprint density at radius 3 is 2.89 bits per heavy atom. The molecule has 0 aliphatic heterocycles. The van der Waals surface area contributed by atoms with Crippen LogP contribution in [0.2, 0.25) is 0 Å². The highest BCUT2D eigenvalue weighted by atomic mass is 16.2. The zero-order chi connectivity index (χ0) is 13.0. The number of pyridine rings is 1. The molecule has 1 fully saturated rings. The number of carbonyl (C=O) groups is 1. The normalized spacial score (nSPS) is 14.3. The molecular formula is C14H21N3O. The van der Waals surface area contributed by atoms with Gasteiger partial charge in [-0.15, -0.1) is 0 Å². The third-order valence-electron chi connectivity index (χ3n) is 3.10. The van der Waals surface area contributed by atoms with Gasteiger partial charge in [0.15, 0.2) is 0 Å². The largest absolute Gasteiger partial charge is 0.370 e. The first-order valence-corrected chi connectivity index (χ1v) is 6.77. The Balaban J connectivity index is 2.20. The van der Waals surface area contributed by atoms with E-state index in [1.54, 1.807) is 6.20 Å². The van der Waals surface area contributed by atoms with E-state index in [4.69, 9.17) is 0 Å². The van der Waals surface area contributed by atoms with Crippen molar-refractivity contribution in [3.63, 3.8) is 0 Å². The van der Waals surface area contributed by atoms with Crippen LogP contribution in [0.15, 0.2) is 18.3 Å². The van der Waals surface area contributed by atoms with E-state index in [-0.39, 0.29) is 5.91 Å². The van der Waals surface area contributed by atoms with Crippen molar-refractivity contribution < 1.29 is 4.79 Å². The molecule has 4 heteroatoms. The van der Waals surface area contributed by atoms with Crippen molar-refractivity contribution in [2.75, 3.05) is 18.4 Å². The molecule has 1 aliphatic carbocycles. The monoisotopic (exact) mass is 247 g/mol. The molecule has 1 amide bonds. The Morgan fingerprint density at radius 2 is 2.28 bits per heavy atom. The van der Waals surface area contributed by atoms with Crippen molar-refractivity contribution in [3.8, 4) is 0 Å². The van der Waals surface area contributed by atoms with Crippen molar-refractivity contribution in [1.29, 1.82) is 0 Å². The van der Waals surface area contributed by atoms with Crippen molar-refractivity contribution in [3.05, 3.63) is 23.9 Å². The molecule has 0 bridgehead atoms. The molecule has 98 valence electrons. The smallest absolute Gasteiger partial charge is 0.257 e. The first kappa shape index (κ1) is 12.9. The molecule has 0 atom stereocenters. The van der Waals surface area contributed by atoms with E-state index < -0.39 is 0 Å². The van der Waals surface area contributed by atoms with E-state index in [0.29, 0.717) is 17.4 Å². The summed E-state index contributed by atoms with van der Waals surface area (Å²) >= 11 is 0. The second kappa shape index (κ2) is 5.85. The maximum Gasteiger partial charge on any atom is 0.257 e. The standard InChI is InChI=1S/C14H21N3O/c1-3-10-17(11-7-8-11)14(18)12-6-5-9-16-13(12)15-4-2/h5-6,9,11H,3-4,7-8,10H2,1-2H3,(H,15,16). The van der Waals surface area contributed by atoms with E-state index in [9.17, 15) is 4.79 Å². The van der Waals surface area contributed by atoms with Gasteiger partial charge in [-0.1, -0.05) is 6.92 Å². The number of anilines is 1. The molecule has 4 nitrogen and oxygen atoms in total. The Morgan fingerprint density at radius 1 is 1.50 bits per heavy atom. The first-order chi connectivity index (χ1) is 8.77. The van der Waals surface area contributed by atoms with Crippen LogP contribution >= 0.6 is 0 Å². The van der Waals surface area contributed by atoms with Gasteiger partial charge in [0.2, 0.25) is 0 Å². The summed E-state index contributed by atoms with van der Waals surface area (Å²) in [6.45, 7) is 5.73. The number of nitrogens with zero attached hydrogens (tertiary/aromatic N) is 2. The van der Waals surface area contributed by atoms with E-state index in [1.807, 2.05) is 24.0 Å². The zero-order valence-electron chi connectivity index (χ0n) is 11.1. The first-order valence-electron chi connectivity index (χ1n) is 6.77. The highest BCUT2D eigenvalue weighted by Crippen LogP contribution is 2.29. The Bertz CT molecular complexity index is 415. The van der Waals surface area contributed by atoms with Gasteiger partial charge >= 0.3 is 0 Å². The molecule has 0 saturated heterocycles. The van der Waals surface area contributed by atoms with Crippen LogP contribution in [0.25, 0.3) is 0 Å². The Kier molecular flexibility index (Phi) is 4.18. The molecule has 1 aliphatic rings. The SMILES string of the molecule is CCCN(C(=O)c1cccnc1NCC)C1CC1. The number of amides is 1. The average molecular weight is 247 g/mol. The van der Waals surface area contributed by atoms with Crippen molar-refractivity contribution in [1.82, 2.24) is 9.88 Å². The quantitative estimate of drug-likeness (QED) is 0.840. The molecule has 0 radical (unpaired) electrons. The number of nitrogens with one attached hydrogen (secondary N) is 1. The molecule has 1 aromatic heterocycles. The molecule has 0 unspecified atom stereocenters. The van der Waals surface area contributed by atoms with Crippen LogP contribution in [0, 0.1) is 0 Å². The lowest BCUT2D eigenvalue weighted by Crippen LogP contribution is -2.34. The van der Waals surface area contributed by atoms with E-state index in [0.717, 1.165) is 32.4 Å². The molecule has 0 aromatic carbocycles. The summed E-state index contributed by atoms with van der Waals surface area (Å²) in [6.07, 6.45) is 5.00. The zero-order valence-corrected chi connectivity index (χ0v) is 11.1. The van der Waals surface area contributed by atoms with Gasteiger partial charge < -0.3 is 10.2 Å². The van der Waals surface area contributed by atoms with Crippen LogP contribution in [0.1, 0.15) is 43.5 Å². The van der Waals surface area contributed by atoms with Crippen LogP contribution < -0.4 is 5.32 Å². The lowest BCUT2D eigenvalue weighted by atomic mass is 10.2. The molecule has 18 heavy (non-hydrogen) atoms. The van der Waals surface area contributed by atoms with Crippen LogP contribution in [0.3, 0.4) is 0 Å². The summed E-state index contributed by atoms with van der Waals surface area (Å²) in [6, 6.07) is 4.14. The lowest BCUT2D eigenvalue weighted by Gasteiger charge is -2.22. The van der Waals surface area contributed by atoms with Crippen molar-refractivity contribution in [2.45, 2.75) is 39.2 Å². The third kappa shape index (κ3) is 2.81. The fourth-order valence-electron chi connectivity index (χ4n) is 2.12. The van der Waals surface area contributed by atoms with Gasteiger partial charge in [-0.25, -0.2) is 4.98 Å². The Hall–Kier alpha value is -1.58. The lowest BCUT2D eigenvalue weighted by molar-refractivity contribution is 0.0744. The average Bonchev–Trinajstić information content (AvgIpc) is 3.20. The highest BCUT2D eigenvalue weighted by Gasteiger charge is 2.33. The summed E-state index contributed by atoms with van der Waals surface area (Å²) < 4.78 is 0. The predicted octanol–water partition coefficient (Wildman–Crippen LogP) is 2.53. The minimum absolute atomic E-state index is 0.114. The molecule has 2 rings (SSSR count).